The zero-order valence-electron chi connectivity index (χ0n) is 11.8. The number of nitro benzene ring substituents is 1. The lowest BCUT2D eigenvalue weighted by atomic mass is 10.1. The third-order valence-corrected chi connectivity index (χ3v) is 2.90. The molecule has 0 unspecified atom stereocenters. The van der Waals surface area contributed by atoms with Crippen LogP contribution in [-0.4, -0.2) is 24.1 Å². The minimum absolute atomic E-state index is 0.0317. The topological polar surface area (TPSA) is 96.6 Å². The highest BCUT2D eigenvalue weighted by atomic mass is 16.6. The van der Waals surface area contributed by atoms with Crippen molar-refractivity contribution in [1.82, 2.24) is 5.43 Å². The number of nitrogens with zero attached hydrogens (tertiary/aromatic N) is 2. The Balaban J connectivity index is 2.07. The van der Waals surface area contributed by atoms with Gasteiger partial charge in [-0.25, -0.2) is 5.43 Å². The molecule has 0 radical (unpaired) electrons. The van der Waals surface area contributed by atoms with E-state index in [2.05, 4.69) is 15.8 Å². The Morgan fingerprint density at radius 1 is 1.23 bits per heavy atom. The van der Waals surface area contributed by atoms with Gasteiger partial charge in [0.1, 0.15) is 0 Å². The number of amides is 1. The molecule has 0 saturated carbocycles. The lowest BCUT2D eigenvalue weighted by molar-refractivity contribution is -0.384. The van der Waals surface area contributed by atoms with Crippen LogP contribution in [0.2, 0.25) is 0 Å². The first-order valence-corrected chi connectivity index (χ1v) is 6.46. The number of hydrazone groups is 1. The summed E-state index contributed by atoms with van der Waals surface area (Å²) in [5.41, 5.74) is 4.03. The number of anilines is 1. The molecule has 2 aromatic rings. The van der Waals surface area contributed by atoms with Crippen molar-refractivity contribution >= 4 is 23.5 Å². The van der Waals surface area contributed by atoms with Crippen molar-refractivity contribution in [3.05, 3.63) is 69.8 Å². The third kappa shape index (κ3) is 3.66. The molecule has 7 heteroatoms. The Morgan fingerprint density at radius 2 is 2.00 bits per heavy atom. The van der Waals surface area contributed by atoms with Crippen LogP contribution in [0.15, 0.2) is 53.6 Å². The van der Waals surface area contributed by atoms with Crippen molar-refractivity contribution in [1.29, 1.82) is 0 Å². The van der Waals surface area contributed by atoms with Crippen molar-refractivity contribution in [3.63, 3.8) is 0 Å². The van der Waals surface area contributed by atoms with Crippen LogP contribution >= 0.6 is 0 Å². The zero-order valence-corrected chi connectivity index (χ0v) is 11.8. The van der Waals surface area contributed by atoms with Gasteiger partial charge in [-0.1, -0.05) is 24.3 Å². The number of para-hydroxylation sites is 1. The summed E-state index contributed by atoms with van der Waals surface area (Å²) in [6, 6.07) is 13.0. The van der Waals surface area contributed by atoms with E-state index in [1.165, 1.54) is 18.3 Å². The van der Waals surface area contributed by atoms with Crippen LogP contribution in [0.3, 0.4) is 0 Å². The predicted octanol–water partition coefficient (Wildman–Crippen LogP) is 2.40. The van der Waals surface area contributed by atoms with E-state index in [1.807, 2.05) is 6.07 Å². The smallest absolute Gasteiger partial charge is 0.273 e. The van der Waals surface area contributed by atoms with Gasteiger partial charge in [0.2, 0.25) is 0 Å². The maximum Gasteiger partial charge on any atom is 0.273 e. The maximum atomic E-state index is 12.0. The summed E-state index contributed by atoms with van der Waals surface area (Å²) in [4.78, 5) is 22.2. The number of nitrogens with one attached hydrogen (secondary N) is 2. The van der Waals surface area contributed by atoms with Gasteiger partial charge in [-0.05, 0) is 12.1 Å². The summed E-state index contributed by atoms with van der Waals surface area (Å²) in [6.07, 6.45) is 1.35. The van der Waals surface area contributed by atoms with Gasteiger partial charge in [-0.2, -0.15) is 5.10 Å². The van der Waals surface area contributed by atoms with E-state index in [4.69, 9.17) is 0 Å². The summed E-state index contributed by atoms with van der Waals surface area (Å²) >= 11 is 0. The van der Waals surface area contributed by atoms with Gasteiger partial charge >= 0.3 is 0 Å². The molecule has 112 valence electrons. The first-order valence-electron chi connectivity index (χ1n) is 6.46. The van der Waals surface area contributed by atoms with Crippen LogP contribution in [0.1, 0.15) is 15.9 Å². The molecule has 2 aromatic carbocycles. The lowest BCUT2D eigenvalue weighted by Gasteiger charge is -2.06. The molecule has 0 spiro atoms. The number of rotatable bonds is 5. The van der Waals surface area contributed by atoms with Crippen LogP contribution in [0.4, 0.5) is 11.4 Å². The molecule has 22 heavy (non-hydrogen) atoms. The van der Waals surface area contributed by atoms with Crippen LogP contribution in [0.25, 0.3) is 0 Å². The molecule has 1 amide bonds. The van der Waals surface area contributed by atoms with E-state index in [1.54, 1.807) is 37.4 Å². The van der Waals surface area contributed by atoms with Crippen molar-refractivity contribution in [3.8, 4) is 0 Å². The molecule has 0 heterocycles. The maximum absolute atomic E-state index is 12.0. The van der Waals surface area contributed by atoms with Crippen molar-refractivity contribution < 1.29 is 9.72 Å². The summed E-state index contributed by atoms with van der Waals surface area (Å²) < 4.78 is 0. The minimum atomic E-state index is -0.487. The summed E-state index contributed by atoms with van der Waals surface area (Å²) in [6.45, 7) is 0. The van der Waals surface area contributed by atoms with E-state index < -0.39 is 4.92 Å². The molecule has 0 saturated heterocycles. The molecule has 2 rings (SSSR count). The van der Waals surface area contributed by atoms with Crippen LogP contribution in [0.5, 0.6) is 0 Å². The molecule has 0 aromatic heterocycles. The number of hydrogen-bond acceptors (Lipinski definition) is 5. The Bertz CT molecular complexity index is 728. The highest BCUT2D eigenvalue weighted by molar-refractivity contribution is 5.99. The van der Waals surface area contributed by atoms with E-state index in [0.29, 0.717) is 16.8 Å². The molecular formula is C15H14N4O3. The molecule has 0 aliphatic rings. The first-order chi connectivity index (χ1) is 10.6. The van der Waals surface area contributed by atoms with Gasteiger partial charge in [0.25, 0.3) is 11.6 Å². The molecule has 0 bridgehead atoms. The zero-order chi connectivity index (χ0) is 15.9. The fraction of sp³-hybridized carbons (Fsp3) is 0.0667. The molecule has 0 aliphatic heterocycles. The van der Waals surface area contributed by atoms with Gasteiger partial charge in [0.15, 0.2) is 0 Å². The molecule has 0 fully saturated rings. The Hall–Kier alpha value is -3.22. The predicted molar refractivity (Wildman–Crippen MR) is 84.1 cm³/mol. The molecular weight excluding hydrogens is 284 g/mol. The molecule has 0 aliphatic carbocycles. The van der Waals surface area contributed by atoms with E-state index in [-0.39, 0.29) is 11.6 Å². The SMILES string of the molecule is CNc1ccccc1C(=O)N/N=C/c1cccc([N+](=O)[O-])c1. The van der Waals surface area contributed by atoms with E-state index >= 15 is 0 Å². The van der Waals surface area contributed by atoms with Gasteiger partial charge in [-0.15, -0.1) is 0 Å². The van der Waals surface area contributed by atoms with Crippen LogP contribution in [0, 0.1) is 10.1 Å². The number of benzene rings is 2. The van der Waals surface area contributed by atoms with E-state index in [0.717, 1.165) is 0 Å². The summed E-state index contributed by atoms with van der Waals surface area (Å²) in [7, 11) is 1.72. The van der Waals surface area contributed by atoms with Gasteiger partial charge < -0.3 is 5.32 Å². The monoisotopic (exact) mass is 298 g/mol. The molecule has 7 nitrogen and oxygen atoms in total. The van der Waals surface area contributed by atoms with Crippen molar-refractivity contribution in [2.24, 2.45) is 5.10 Å². The number of carbonyl (C=O) groups is 1. The normalized spacial score (nSPS) is 10.4. The number of carbonyl (C=O) groups excluding carboxylic acids is 1. The second-order valence-corrected chi connectivity index (χ2v) is 4.35. The second-order valence-electron chi connectivity index (χ2n) is 4.35. The number of nitro groups is 1. The summed E-state index contributed by atoms with van der Waals surface area (Å²) in [5, 5.41) is 17.4. The number of hydrogen-bond donors (Lipinski definition) is 2. The van der Waals surface area contributed by atoms with Crippen LogP contribution in [-0.2, 0) is 0 Å². The van der Waals surface area contributed by atoms with Gasteiger partial charge in [0.05, 0.1) is 16.7 Å². The Labute approximate surface area is 126 Å². The molecule has 0 atom stereocenters. The Kier molecular flexibility index (Phi) is 4.81. The average molecular weight is 298 g/mol. The van der Waals surface area contributed by atoms with Gasteiger partial charge in [0, 0.05) is 30.4 Å². The first kappa shape index (κ1) is 15.2. The average Bonchev–Trinajstić information content (AvgIpc) is 2.55. The van der Waals surface area contributed by atoms with Crippen molar-refractivity contribution in [2.45, 2.75) is 0 Å². The quantitative estimate of drug-likeness (QED) is 0.503. The largest absolute Gasteiger partial charge is 0.387 e. The highest BCUT2D eigenvalue weighted by Gasteiger charge is 2.08. The van der Waals surface area contributed by atoms with E-state index in [9.17, 15) is 14.9 Å². The third-order valence-electron chi connectivity index (χ3n) is 2.90. The second kappa shape index (κ2) is 6.98. The highest BCUT2D eigenvalue weighted by Crippen LogP contribution is 2.14. The standard InChI is InChI=1S/C15H14N4O3/c1-16-14-8-3-2-7-13(14)15(20)18-17-10-11-5-4-6-12(9-11)19(21)22/h2-10,16H,1H3,(H,18,20)/b17-10+. The lowest BCUT2D eigenvalue weighted by Crippen LogP contribution is -2.18. The van der Waals surface area contributed by atoms with Crippen LogP contribution < -0.4 is 10.7 Å². The fourth-order valence-corrected chi connectivity index (χ4v) is 1.84. The van der Waals surface area contributed by atoms with Crippen molar-refractivity contribution in [2.75, 3.05) is 12.4 Å². The summed E-state index contributed by atoms with van der Waals surface area (Å²) in [5.74, 6) is -0.369. The minimum Gasteiger partial charge on any atom is -0.387 e. The fourth-order valence-electron chi connectivity index (χ4n) is 1.84. The molecule has 2 N–H and O–H groups in total. The Morgan fingerprint density at radius 3 is 2.73 bits per heavy atom. The number of non-ortho nitro benzene ring substituents is 1. The van der Waals surface area contributed by atoms with Gasteiger partial charge in [-0.3, -0.25) is 14.9 Å².